The molecular weight excluding hydrogens is 338 g/mol. The molecule has 2 aromatic rings. The smallest absolute Gasteiger partial charge is 0.257 e. The fourth-order valence-corrected chi connectivity index (χ4v) is 3.84. The molecular formula is C22H25N3O2. The van der Waals surface area contributed by atoms with Crippen molar-refractivity contribution in [2.24, 2.45) is 5.10 Å². The Morgan fingerprint density at radius 1 is 1.07 bits per heavy atom. The van der Waals surface area contributed by atoms with Gasteiger partial charge in [-0.2, -0.15) is 5.10 Å². The number of ether oxygens (including phenoxy) is 1. The zero-order valence-electron chi connectivity index (χ0n) is 15.7. The SMILES string of the molecule is COc1ccc([C@H]2CC(c3ccccc3)=NN2C(=O)CN2CCCC2)cc1. The van der Waals surface area contributed by atoms with Gasteiger partial charge in [-0.25, -0.2) is 5.01 Å². The lowest BCUT2D eigenvalue weighted by Gasteiger charge is -2.24. The lowest BCUT2D eigenvalue weighted by Crippen LogP contribution is -2.36. The molecule has 2 aromatic carbocycles. The van der Waals surface area contributed by atoms with Crippen LogP contribution in [0.1, 0.15) is 36.4 Å². The van der Waals surface area contributed by atoms with Gasteiger partial charge in [-0.15, -0.1) is 0 Å². The monoisotopic (exact) mass is 363 g/mol. The summed E-state index contributed by atoms with van der Waals surface area (Å²) in [7, 11) is 1.66. The molecule has 2 heterocycles. The highest BCUT2D eigenvalue weighted by Crippen LogP contribution is 2.33. The number of carbonyl (C=O) groups excluding carboxylic acids is 1. The molecule has 0 radical (unpaired) electrons. The first kappa shape index (κ1) is 17.7. The van der Waals surface area contributed by atoms with Crippen LogP contribution in [0.4, 0.5) is 0 Å². The quantitative estimate of drug-likeness (QED) is 0.817. The second kappa shape index (κ2) is 7.92. The minimum atomic E-state index is -0.0683. The third-order valence-electron chi connectivity index (χ3n) is 5.33. The number of carbonyl (C=O) groups is 1. The van der Waals surface area contributed by atoms with E-state index in [0.29, 0.717) is 6.54 Å². The van der Waals surface area contributed by atoms with Crippen molar-refractivity contribution in [3.8, 4) is 5.75 Å². The molecule has 0 aliphatic carbocycles. The fourth-order valence-electron chi connectivity index (χ4n) is 3.84. The maximum atomic E-state index is 13.0. The normalized spacial score (nSPS) is 20.0. The molecule has 2 aliphatic rings. The first-order valence-corrected chi connectivity index (χ1v) is 9.56. The first-order valence-electron chi connectivity index (χ1n) is 9.56. The van der Waals surface area contributed by atoms with E-state index in [1.165, 1.54) is 12.8 Å². The predicted octanol–water partition coefficient (Wildman–Crippen LogP) is 3.47. The third-order valence-corrected chi connectivity index (χ3v) is 5.33. The van der Waals surface area contributed by atoms with Gasteiger partial charge >= 0.3 is 0 Å². The fraction of sp³-hybridized carbons (Fsp3) is 0.364. The minimum absolute atomic E-state index is 0.0683. The summed E-state index contributed by atoms with van der Waals surface area (Å²) >= 11 is 0. The molecule has 0 bridgehead atoms. The van der Waals surface area contributed by atoms with Crippen molar-refractivity contribution in [2.75, 3.05) is 26.7 Å². The summed E-state index contributed by atoms with van der Waals surface area (Å²) in [6, 6.07) is 18.0. The Morgan fingerprint density at radius 2 is 1.78 bits per heavy atom. The van der Waals surface area contributed by atoms with Gasteiger partial charge < -0.3 is 4.74 Å². The van der Waals surface area contributed by atoms with Crippen LogP contribution in [-0.2, 0) is 4.79 Å². The highest BCUT2D eigenvalue weighted by Gasteiger charge is 2.33. The highest BCUT2D eigenvalue weighted by molar-refractivity contribution is 6.03. The standard InChI is InChI=1S/C22H25N3O2/c1-27-19-11-9-18(10-12-19)21-15-20(17-7-3-2-4-8-17)23-25(21)22(26)16-24-13-5-6-14-24/h2-4,7-12,21H,5-6,13-16H2,1H3/t21-/m1/s1. The van der Waals surface area contributed by atoms with Gasteiger partial charge in [0.05, 0.1) is 25.4 Å². The van der Waals surface area contributed by atoms with Crippen LogP contribution >= 0.6 is 0 Å². The summed E-state index contributed by atoms with van der Waals surface area (Å²) in [5, 5.41) is 6.44. The summed E-state index contributed by atoms with van der Waals surface area (Å²) in [5.74, 6) is 0.888. The summed E-state index contributed by atoms with van der Waals surface area (Å²) in [4.78, 5) is 15.3. The first-order chi connectivity index (χ1) is 13.2. The number of benzene rings is 2. The number of methoxy groups -OCH3 is 1. The second-order valence-corrected chi connectivity index (χ2v) is 7.13. The van der Waals surface area contributed by atoms with Crippen LogP contribution in [0.3, 0.4) is 0 Å². The van der Waals surface area contributed by atoms with Crippen LogP contribution in [-0.4, -0.2) is 48.3 Å². The molecule has 4 rings (SSSR count). The minimum Gasteiger partial charge on any atom is -0.497 e. The topological polar surface area (TPSA) is 45.1 Å². The Hall–Kier alpha value is -2.66. The molecule has 5 heteroatoms. The van der Waals surface area contributed by atoms with Crippen molar-refractivity contribution < 1.29 is 9.53 Å². The van der Waals surface area contributed by atoms with Gasteiger partial charge in [0, 0.05) is 6.42 Å². The van der Waals surface area contributed by atoms with E-state index in [9.17, 15) is 4.79 Å². The molecule has 5 nitrogen and oxygen atoms in total. The van der Waals surface area contributed by atoms with E-state index in [0.717, 1.165) is 42.1 Å². The number of hydrogen-bond acceptors (Lipinski definition) is 4. The van der Waals surface area contributed by atoms with Crippen LogP contribution in [0, 0.1) is 0 Å². The summed E-state index contributed by atoms with van der Waals surface area (Å²) in [6.07, 6.45) is 3.07. The molecule has 1 saturated heterocycles. The number of rotatable bonds is 5. The summed E-state index contributed by atoms with van der Waals surface area (Å²) < 4.78 is 5.27. The van der Waals surface area contributed by atoms with Crippen molar-refractivity contribution in [1.29, 1.82) is 0 Å². The molecule has 0 unspecified atom stereocenters. The van der Waals surface area contributed by atoms with Gasteiger partial charge in [-0.1, -0.05) is 42.5 Å². The van der Waals surface area contributed by atoms with Gasteiger partial charge in [0.1, 0.15) is 5.75 Å². The molecule has 1 atom stereocenters. The van der Waals surface area contributed by atoms with Crippen LogP contribution in [0.5, 0.6) is 5.75 Å². The highest BCUT2D eigenvalue weighted by atomic mass is 16.5. The lowest BCUT2D eigenvalue weighted by atomic mass is 9.98. The number of hydrogen-bond donors (Lipinski definition) is 0. The van der Waals surface area contributed by atoms with Crippen molar-refractivity contribution in [3.63, 3.8) is 0 Å². The molecule has 0 N–H and O–H groups in total. The van der Waals surface area contributed by atoms with Crippen molar-refractivity contribution in [1.82, 2.24) is 9.91 Å². The van der Waals surface area contributed by atoms with Crippen molar-refractivity contribution in [3.05, 3.63) is 65.7 Å². The zero-order chi connectivity index (χ0) is 18.6. The molecule has 2 aliphatic heterocycles. The van der Waals surface area contributed by atoms with Gasteiger partial charge in [-0.05, 0) is 49.2 Å². The number of nitrogens with zero attached hydrogens (tertiary/aromatic N) is 3. The lowest BCUT2D eigenvalue weighted by molar-refractivity contribution is -0.134. The van der Waals surface area contributed by atoms with E-state index in [-0.39, 0.29) is 11.9 Å². The van der Waals surface area contributed by atoms with Gasteiger partial charge in [0.25, 0.3) is 5.91 Å². The zero-order valence-corrected chi connectivity index (χ0v) is 15.7. The Labute approximate surface area is 160 Å². The second-order valence-electron chi connectivity index (χ2n) is 7.13. The van der Waals surface area contributed by atoms with E-state index < -0.39 is 0 Å². The number of likely N-dealkylation sites (tertiary alicyclic amines) is 1. The van der Waals surface area contributed by atoms with Crippen LogP contribution in [0.15, 0.2) is 59.7 Å². The van der Waals surface area contributed by atoms with E-state index in [1.807, 2.05) is 42.5 Å². The number of amides is 1. The van der Waals surface area contributed by atoms with Gasteiger partial charge in [-0.3, -0.25) is 9.69 Å². The molecule has 0 aromatic heterocycles. The average Bonchev–Trinajstić information content (AvgIpc) is 3.39. The molecule has 1 fully saturated rings. The Bertz CT molecular complexity index is 811. The maximum Gasteiger partial charge on any atom is 0.257 e. The summed E-state index contributed by atoms with van der Waals surface area (Å²) in [5.41, 5.74) is 3.12. The Kier molecular flexibility index (Phi) is 5.21. The summed E-state index contributed by atoms with van der Waals surface area (Å²) in [6.45, 7) is 2.45. The predicted molar refractivity (Wildman–Crippen MR) is 106 cm³/mol. The third kappa shape index (κ3) is 3.88. The molecule has 0 saturated carbocycles. The van der Waals surface area contributed by atoms with E-state index in [1.54, 1.807) is 12.1 Å². The number of hydrazone groups is 1. The Balaban J connectivity index is 1.60. The van der Waals surface area contributed by atoms with Crippen LogP contribution in [0.2, 0.25) is 0 Å². The van der Waals surface area contributed by atoms with Crippen molar-refractivity contribution >= 4 is 11.6 Å². The van der Waals surface area contributed by atoms with E-state index in [2.05, 4.69) is 17.0 Å². The maximum absolute atomic E-state index is 13.0. The molecule has 27 heavy (non-hydrogen) atoms. The Morgan fingerprint density at radius 3 is 2.44 bits per heavy atom. The van der Waals surface area contributed by atoms with Crippen LogP contribution < -0.4 is 4.74 Å². The van der Waals surface area contributed by atoms with E-state index >= 15 is 0 Å². The molecule has 140 valence electrons. The molecule has 0 spiro atoms. The largest absolute Gasteiger partial charge is 0.497 e. The van der Waals surface area contributed by atoms with Gasteiger partial charge in [0.2, 0.25) is 0 Å². The van der Waals surface area contributed by atoms with Gasteiger partial charge in [0.15, 0.2) is 0 Å². The van der Waals surface area contributed by atoms with Crippen LogP contribution in [0.25, 0.3) is 0 Å². The average molecular weight is 363 g/mol. The molecule has 1 amide bonds. The van der Waals surface area contributed by atoms with Crippen molar-refractivity contribution in [2.45, 2.75) is 25.3 Å². The van der Waals surface area contributed by atoms with E-state index in [4.69, 9.17) is 9.84 Å².